The Bertz CT molecular complexity index is 1760. The number of Topliss-reactive ketones (excluding diaryl/α,β-unsaturated/α-hetero) is 1. The second-order valence-corrected chi connectivity index (χ2v) is 18.9. The molecule has 216 valence electrons. The standard InChI is InChI=1S/C40H39FOSi/c1-38(2,3)43(33-16-6-4-7-17-33,34-18-8-5-9-19-34)28-40(35-20-12-13-21-36(35)41)27-29-25-39(40,26-29)37(42)32-23-22-30-14-10-11-15-31(30)24-32/h4-24,29H,25-28H2,1-3H3/t29?,39?,40-/m0/s1. The molecule has 1 nitrogen and oxygen atoms in total. The van der Waals surface area contributed by atoms with E-state index in [1.165, 1.54) is 10.4 Å². The van der Waals surface area contributed by atoms with Gasteiger partial charge in [-0.25, -0.2) is 4.39 Å². The molecule has 0 unspecified atom stereocenters. The van der Waals surface area contributed by atoms with Gasteiger partial charge in [-0.2, -0.15) is 0 Å². The zero-order chi connectivity index (χ0) is 29.9. The smallest absolute Gasteiger partial charge is 0.169 e. The van der Waals surface area contributed by atoms with Crippen molar-refractivity contribution in [2.24, 2.45) is 11.3 Å². The van der Waals surface area contributed by atoms with Gasteiger partial charge >= 0.3 is 0 Å². The minimum atomic E-state index is -2.66. The van der Waals surface area contributed by atoms with Gasteiger partial charge in [0.2, 0.25) is 0 Å². The van der Waals surface area contributed by atoms with Crippen LogP contribution in [0, 0.1) is 17.2 Å². The molecule has 0 radical (unpaired) electrons. The molecule has 2 bridgehead atoms. The third-order valence-corrected chi connectivity index (χ3v) is 17.4. The molecule has 3 aliphatic carbocycles. The van der Waals surface area contributed by atoms with E-state index in [9.17, 15) is 0 Å². The van der Waals surface area contributed by atoms with Crippen LogP contribution >= 0.6 is 0 Å². The SMILES string of the molecule is CC(C)(C)[Si](C[C@]1(c2ccccc2F)CC2CC1(C(=O)c1ccc3ccccc3c1)C2)(c1ccccc1)c1ccccc1. The summed E-state index contributed by atoms with van der Waals surface area (Å²) in [5, 5.41) is 4.79. The number of hydrogen-bond acceptors (Lipinski definition) is 1. The summed E-state index contributed by atoms with van der Waals surface area (Å²) in [7, 11) is -2.66. The van der Waals surface area contributed by atoms with Crippen molar-refractivity contribution in [1.82, 2.24) is 0 Å². The van der Waals surface area contributed by atoms with Crippen molar-refractivity contribution < 1.29 is 9.18 Å². The highest BCUT2D eigenvalue weighted by Gasteiger charge is 2.72. The fourth-order valence-electron chi connectivity index (χ4n) is 9.11. The van der Waals surface area contributed by atoms with Crippen LogP contribution in [0.1, 0.15) is 56.0 Å². The maximum Gasteiger partial charge on any atom is 0.169 e. The fraction of sp³-hybridized carbons (Fsp3) is 0.275. The maximum absolute atomic E-state index is 16.3. The van der Waals surface area contributed by atoms with Gasteiger partial charge in [-0.05, 0) is 64.7 Å². The maximum atomic E-state index is 16.3. The number of benzene rings is 5. The second kappa shape index (κ2) is 10.1. The van der Waals surface area contributed by atoms with Crippen molar-refractivity contribution in [1.29, 1.82) is 0 Å². The predicted molar refractivity (Wildman–Crippen MR) is 179 cm³/mol. The first-order valence-corrected chi connectivity index (χ1v) is 17.8. The average molecular weight is 583 g/mol. The summed E-state index contributed by atoms with van der Waals surface area (Å²) in [5.41, 5.74) is 0.228. The minimum Gasteiger partial charge on any atom is -0.294 e. The number of hydrogen-bond donors (Lipinski definition) is 0. The Morgan fingerprint density at radius 3 is 1.88 bits per heavy atom. The van der Waals surface area contributed by atoms with Gasteiger partial charge in [0.1, 0.15) is 13.9 Å². The minimum absolute atomic E-state index is 0.103. The number of ketones is 1. The Morgan fingerprint density at radius 1 is 0.721 bits per heavy atom. The molecule has 8 rings (SSSR count). The summed E-state index contributed by atoms with van der Waals surface area (Å²) >= 11 is 0. The lowest BCUT2D eigenvalue weighted by Crippen LogP contribution is -2.68. The van der Waals surface area contributed by atoms with Gasteiger partial charge in [0, 0.05) is 16.4 Å². The molecule has 3 aliphatic rings. The van der Waals surface area contributed by atoms with Gasteiger partial charge in [-0.15, -0.1) is 0 Å². The van der Waals surface area contributed by atoms with E-state index in [0.29, 0.717) is 5.92 Å². The second-order valence-electron chi connectivity index (χ2n) is 14.1. The number of carbonyl (C=O) groups is 1. The quantitative estimate of drug-likeness (QED) is 0.138. The molecule has 0 heterocycles. The Morgan fingerprint density at radius 2 is 1.28 bits per heavy atom. The summed E-state index contributed by atoms with van der Waals surface area (Å²) < 4.78 is 16.3. The van der Waals surface area contributed by atoms with Crippen molar-refractivity contribution in [2.45, 2.75) is 56.5 Å². The van der Waals surface area contributed by atoms with E-state index in [4.69, 9.17) is 0 Å². The van der Waals surface area contributed by atoms with Crippen LogP contribution < -0.4 is 10.4 Å². The van der Waals surface area contributed by atoms with Crippen molar-refractivity contribution in [3.63, 3.8) is 0 Å². The van der Waals surface area contributed by atoms with Crippen LogP contribution in [0.25, 0.3) is 10.8 Å². The Labute approximate surface area is 255 Å². The molecule has 5 aromatic carbocycles. The van der Waals surface area contributed by atoms with Crippen molar-refractivity contribution in [3.05, 3.63) is 144 Å². The Hall–Kier alpha value is -3.82. The average Bonchev–Trinajstić information content (AvgIpc) is 3.51. The van der Waals surface area contributed by atoms with Gasteiger partial charge in [0.05, 0.1) is 0 Å². The van der Waals surface area contributed by atoms with E-state index < -0.39 is 18.9 Å². The van der Waals surface area contributed by atoms with E-state index in [2.05, 4.69) is 106 Å². The number of rotatable bonds is 7. The molecular weight excluding hydrogens is 544 g/mol. The molecule has 5 aromatic rings. The van der Waals surface area contributed by atoms with Crippen LogP contribution in [0.5, 0.6) is 0 Å². The summed E-state index contributed by atoms with van der Waals surface area (Å²) in [6.45, 7) is 7.10. The topological polar surface area (TPSA) is 17.1 Å². The molecule has 0 amide bonds. The summed E-state index contributed by atoms with van der Waals surface area (Å²) in [6, 6.07) is 44.4. The normalized spacial score (nSPS) is 23.2. The van der Waals surface area contributed by atoms with Gasteiger partial charge in [-0.1, -0.05) is 146 Å². The van der Waals surface area contributed by atoms with Crippen LogP contribution in [0.2, 0.25) is 11.1 Å². The number of halogens is 1. The molecular formula is C40H39FOSi. The first kappa shape index (κ1) is 28.0. The van der Waals surface area contributed by atoms with Crippen molar-refractivity contribution in [3.8, 4) is 0 Å². The zero-order valence-corrected chi connectivity index (χ0v) is 26.3. The Kier molecular flexibility index (Phi) is 6.59. The molecule has 3 heteroatoms. The fourth-order valence-corrected chi connectivity index (χ4v) is 15.2. The van der Waals surface area contributed by atoms with Gasteiger partial charge in [0.15, 0.2) is 5.78 Å². The molecule has 43 heavy (non-hydrogen) atoms. The van der Waals surface area contributed by atoms with Crippen LogP contribution in [0.15, 0.2) is 127 Å². The molecule has 0 aromatic heterocycles. The van der Waals surface area contributed by atoms with Gasteiger partial charge < -0.3 is 0 Å². The third kappa shape index (κ3) is 4.12. The molecule has 3 saturated carbocycles. The largest absolute Gasteiger partial charge is 0.294 e. The van der Waals surface area contributed by atoms with Crippen LogP contribution in [0.3, 0.4) is 0 Å². The highest BCUT2D eigenvalue weighted by molar-refractivity contribution is 7.04. The van der Waals surface area contributed by atoms with E-state index in [0.717, 1.165) is 47.2 Å². The third-order valence-electron chi connectivity index (χ3n) is 11.0. The van der Waals surface area contributed by atoms with E-state index in [-0.39, 0.29) is 16.6 Å². The molecule has 0 N–H and O–H groups in total. The predicted octanol–water partition coefficient (Wildman–Crippen LogP) is 8.96. The lowest BCUT2D eigenvalue weighted by molar-refractivity contribution is 0.0497. The van der Waals surface area contributed by atoms with Crippen molar-refractivity contribution in [2.75, 3.05) is 0 Å². The summed E-state index contributed by atoms with van der Waals surface area (Å²) in [4.78, 5) is 15.1. The zero-order valence-electron chi connectivity index (χ0n) is 25.3. The van der Waals surface area contributed by atoms with Gasteiger partial charge in [-0.3, -0.25) is 4.79 Å². The van der Waals surface area contributed by atoms with Crippen molar-refractivity contribution >= 4 is 35.0 Å². The summed E-state index contributed by atoms with van der Waals surface area (Å²) in [6.07, 6.45) is 2.49. The van der Waals surface area contributed by atoms with Crippen LogP contribution in [-0.2, 0) is 5.41 Å². The number of carbonyl (C=O) groups excluding carboxylic acids is 1. The first-order valence-electron chi connectivity index (χ1n) is 15.6. The monoisotopic (exact) mass is 582 g/mol. The lowest BCUT2D eigenvalue weighted by Gasteiger charge is -2.54. The van der Waals surface area contributed by atoms with E-state index in [1.54, 1.807) is 12.1 Å². The van der Waals surface area contributed by atoms with Gasteiger partial charge in [0.25, 0.3) is 0 Å². The lowest BCUT2D eigenvalue weighted by atomic mass is 9.55. The highest BCUT2D eigenvalue weighted by Crippen LogP contribution is 2.73. The molecule has 1 atom stereocenters. The highest BCUT2D eigenvalue weighted by atomic mass is 28.3. The molecule has 3 fully saturated rings. The first-order chi connectivity index (χ1) is 20.7. The molecule has 0 aliphatic heterocycles. The van der Waals surface area contributed by atoms with Crippen LogP contribution in [-0.4, -0.2) is 13.9 Å². The Balaban J connectivity index is 1.49. The molecule has 0 saturated heterocycles. The van der Waals surface area contributed by atoms with E-state index >= 15 is 9.18 Å². The van der Waals surface area contributed by atoms with Crippen LogP contribution in [0.4, 0.5) is 4.39 Å². The van der Waals surface area contributed by atoms with E-state index in [1.807, 2.05) is 30.3 Å². The summed E-state index contributed by atoms with van der Waals surface area (Å²) in [5.74, 6) is 0.425. The number of fused-ring (bicyclic) bond motifs is 2. The molecule has 0 spiro atoms.